The lowest BCUT2D eigenvalue weighted by molar-refractivity contribution is 0.624. The van der Waals surface area contributed by atoms with Crippen LogP contribution >= 0.6 is 0 Å². The molecule has 0 heterocycles. The van der Waals surface area contributed by atoms with E-state index in [1.807, 2.05) is 0 Å². The summed E-state index contributed by atoms with van der Waals surface area (Å²) < 4.78 is 0. The van der Waals surface area contributed by atoms with Crippen LogP contribution in [0.2, 0.25) is 0 Å². The number of unbranched alkanes of at least 4 members (excludes halogenated alkanes) is 12. The molecule has 0 unspecified atom stereocenters. The van der Waals surface area contributed by atoms with Gasteiger partial charge in [0.05, 0.1) is 0 Å². The second-order valence-corrected chi connectivity index (χ2v) is 6.18. The molecule has 0 heteroatoms. The van der Waals surface area contributed by atoms with Gasteiger partial charge in [-0.2, -0.15) is 0 Å². The molecule has 0 saturated carbocycles. The third kappa shape index (κ3) is 45.0. The van der Waals surface area contributed by atoms with Gasteiger partial charge in [0.25, 0.3) is 0 Å². The highest BCUT2D eigenvalue weighted by molar-refractivity contribution is 4.39. The van der Waals surface area contributed by atoms with E-state index in [0.717, 1.165) is 0 Å². The van der Waals surface area contributed by atoms with E-state index in [4.69, 9.17) is 0 Å². The highest BCUT2D eigenvalue weighted by Crippen LogP contribution is 2.03. The van der Waals surface area contributed by atoms with Crippen molar-refractivity contribution in [1.29, 1.82) is 0 Å². The molecular weight excluding hydrogens is 252 g/mol. The molecule has 0 aliphatic rings. The van der Waals surface area contributed by atoms with Crippen LogP contribution in [0.3, 0.4) is 0 Å². The van der Waals surface area contributed by atoms with E-state index in [2.05, 4.69) is 41.5 Å². The maximum atomic E-state index is 2.26. The van der Waals surface area contributed by atoms with E-state index in [9.17, 15) is 0 Å². The fraction of sp³-hybridized carbons (Fsp3) is 1.00. The predicted octanol–water partition coefficient (Wildman–Crippen LogP) is 8.93. The summed E-state index contributed by atoms with van der Waals surface area (Å²) in [5.74, 6) is 0. The van der Waals surface area contributed by atoms with Gasteiger partial charge in [0, 0.05) is 0 Å². The molecule has 0 atom stereocenters. The maximum absolute atomic E-state index is 2.26. The normalized spacial score (nSPS) is 9.43. The van der Waals surface area contributed by atoms with Crippen molar-refractivity contribution in [1.82, 2.24) is 0 Å². The fourth-order valence-corrected chi connectivity index (χ4v) is 2.03. The van der Waals surface area contributed by atoms with Crippen molar-refractivity contribution in [2.24, 2.45) is 0 Å². The topological polar surface area (TPSA) is 0 Å². The first-order valence-electron chi connectivity index (χ1n) is 10.2. The standard InChI is InChI=1S/C8H18.C7H16.C6H14/c1-3-5-7-8-6-4-2;1-3-5-7-6-4-2;1-3-5-6-4-2/h3-8H2,1-2H3;3-7H2,1-2H3;3-6H2,1-2H3. The van der Waals surface area contributed by atoms with Gasteiger partial charge < -0.3 is 0 Å². The Labute approximate surface area is 138 Å². The van der Waals surface area contributed by atoms with Crippen molar-refractivity contribution >= 4 is 0 Å². The van der Waals surface area contributed by atoms with Crippen molar-refractivity contribution in [3.8, 4) is 0 Å². The summed E-state index contributed by atoms with van der Waals surface area (Å²) in [4.78, 5) is 0. The molecule has 0 bridgehead atoms. The van der Waals surface area contributed by atoms with E-state index in [0.29, 0.717) is 0 Å². The van der Waals surface area contributed by atoms with Crippen LogP contribution in [-0.2, 0) is 0 Å². The largest absolute Gasteiger partial charge is 0.0654 e. The lowest BCUT2D eigenvalue weighted by Gasteiger charge is -1.93. The molecule has 0 nitrogen and oxygen atoms in total. The van der Waals surface area contributed by atoms with Crippen molar-refractivity contribution in [3.05, 3.63) is 0 Å². The zero-order chi connectivity index (χ0) is 16.6. The maximum Gasteiger partial charge on any atom is -0.0533 e. The Balaban J connectivity index is -0.000000234. The highest BCUT2D eigenvalue weighted by atomic mass is 13.9. The summed E-state index contributed by atoms with van der Waals surface area (Å²) in [5.41, 5.74) is 0. The van der Waals surface area contributed by atoms with Gasteiger partial charge in [-0.1, -0.05) is 138 Å². The van der Waals surface area contributed by atoms with Crippen LogP contribution in [0.5, 0.6) is 0 Å². The van der Waals surface area contributed by atoms with Crippen molar-refractivity contribution < 1.29 is 0 Å². The van der Waals surface area contributed by atoms with Crippen LogP contribution in [0.15, 0.2) is 0 Å². The fourth-order valence-electron chi connectivity index (χ4n) is 2.03. The van der Waals surface area contributed by atoms with Crippen LogP contribution in [0.4, 0.5) is 0 Å². The quantitative estimate of drug-likeness (QED) is 0.315. The summed E-state index contributed by atoms with van der Waals surface area (Å²) in [6.45, 7) is 13.5. The minimum absolute atomic E-state index is 1.36. The first kappa shape index (κ1) is 25.9. The van der Waals surface area contributed by atoms with Gasteiger partial charge in [0.1, 0.15) is 0 Å². The average Bonchev–Trinajstić information content (AvgIpc) is 2.51. The van der Waals surface area contributed by atoms with E-state index in [-0.39, 0.29) is 0 Å². The number of hydrogen-bond acceptors (Lipinski definition) is 0. The molecule has 0 N–H and O–H groups in total. The molecule has 0 aliphatic heterocycles. The van der Waals surface area contributed by atoms with Gasteiger partial charge >= 0.3 is 0 Å². The molecule has 0 amide bonds. The first-order chi connectivity index (χ1) is 10.2. The van der Waals surface area contributed by atoms with Gasteiger partial charge in [-0.3, -0.25) is 0 Å². The summed E-state index contributed by atoms with van der Waals surface area (Å²) in [5, 5.41) is 0. The van der Waals surface area contributed by atoms with Crippen LogP contribution in [-0.4, -0.2) is 0 Å². The molecular formula is C21H48. The van der Waals surface area contributed by atoms with Crippen molar-refractivity contribution in [2.75, 3.05) is 0 Å². The van der Waals surface area contributed by atoms with Crippen LogP contribution in [0, 0.1) is 0 Å². The Morgan fingerprint density at radius 1 is 0.238 bits per heavy atom. The molecule has 0 spiro atoms. The Hall–Kier alpha value is 0. The summed E-state index contributed by atoms with van der Waals surface area (Å²) in [7, 11) is 0. The molecule has 0 aromatic carbocycles. The summed E-state index contributed by atoms with van der Waals surface area (Å²) in [6.07, 6.45) is 21.0. The lowest BCUT2D eigenvalue weighted by atomic mass is 10.1. The van der Waals surface area contributed by atoms with Crippen LogP contribution in [0.25, 0.3) is 0 Å². The SMILES string of the molecule is CCCCCC.CCCCCCC.CCCCCCCC. The molecule has 0 saturated heterocycles. The minimum Gasteiger partial charge on any atom is -0.0654 e. The van der Waals surface area contributed by atoms with E-state index in [1.54, 1.807) is 0 Å². The van der Waals surface area contributed by atoms with E-state index < -0.39 is 0 Å². The third-order valence-corrected chi connectivity index (χ3v) is 3.62. The minimum atomic E-state index is 1.36. The Kier molecular flexibility index (Phi) is 39.6. The molecule has 0 fully saturated rings. The number of hydrogen-bond donors (Lipinski definition) is 0. The van der Waals surface area contributed by atoms with Gasteiger partial charge in [-0.25, -0.2) is 0 Å². The average molecular weight is 301 g/mol. The number of rotatable bonds is 12. The second-order valence-electron chi connectivity index (χ2n) is 6.18. The Bertz CT molecular complexity index is 103. The monoisotopic (exact) mass is 300 g/mol. The zero-order valence-corrected chi connectivity index (χ0v) is 16.6. The molecule has 132 valence electrons. The first-order valence-corrected chi connectivity index (χ1v) is 10.2. The Morgan fingerprint density at radius 3 is 0.571 bits per heavy atom. The van der Waals surface area contributed by atoms with Crippen molar-refractivity contribution in [2.45, 2.75) is 138 Å². The molecule has 0 radical (unpaired) electrons. The second kappa shape index (κ2) is 32.1. The van der Waals surface area contributed by atoms with E-state index in [1.165, 1.54) is 96.3 Å². The highest BCUT2D eigenvalue weighted by Gasteiger charge is 1.83. The summed E-state index contributed by atoms with van der Waals surface area (Å²) >= 11 is 0. The van der Waals surface area contributed by atoms with Gasteiger partial charge in [0.2, 0.25) is 0 Å². The molecule has 0 aromatic heterocycles. The van der Waals surface area contributed by atoms with Gasteiger partial charge in [-0.15, -0.1) is 0 Å². The smallest absolute Gasteiger partial charge is 0.0533 e. The van der Waals surface area contributed by atoms with Gasteiger partial charge in [-0.05, 0) is 0 Å². The zero-order valence-electron chi connectivity index (χ0n) is 16.6. The Morgan fingerprint density at radius 2 is 0.381 bits per heavy atom. The van der Waals surface area contributed by atoms with Crippen LogP contribution < -0.4 is 0 Å². The van der Waals surface area contributed by atoms with Crippen LogP contribution in [0.1, 0.15) is 138 Å². The predicted molar refractivity (Wildman–Crippen MR) is 103 cm³/mol. The molecule has 0 aliphatic carbocycles. The molecule has 0 aromatic rings. The molecule has 21 heavy (non-hydrogen) atoms. The van der Waals surface area contributed by atoms with Gasteiger partial charge in [0.15, 0.2) is 0 Å². The molecule has 0 rings (SSSR count). The van der Waals surface area contributed by atoms with Crippen molar-refractivity contribution in [3.63, 3.8) is 0 Å². The third-order valence-electron chi connectivity index (χ3n) is 3.62. The van der Waals surface area contributed by atoms with E-state index >= 15 is 0 Å². The summed E-state index contributed by atoms with van der Waals surface area (Å²) in [6, 6.07) is 0. The lowest BCUT2D eigenvalue weighted by Crippen LogP contribution is -1.73.